The average molecular weight is 492 g/mol. The van der Waals surface area contributed by atoms with Crippen LogP contribution in [0.1, 0.15) is 59.1 Å². The lowest BCUT2D eigenvalue weighted by Crippen LogP contribution is -2.15. The van der Waals surface area contributed by atoms with Crippen molar-refractivity contribution in [2.24, 2.45) is 0 Å². The molecule has 0 saturated carbocycles. The fourth-order valence-electron chi connectivity index (χ4n) is 2.99. The first-order valence-electron chi connectivity index (χ1n) is 10.9. The van der Waals surface area contributed by atoms with Gasteiger partial charge < -0.3 is 18.6 Å². The van der Waals surface area contributed by atoms with Gasteiger partial charge in [-0.15, -0.1) is 0 Å². The van der Waals surface area contributed by atoms with Gasteiger partial charge in [0.1, 0.15) is 18.2 Å². The minimum absolute atomic E-state index is 0.00713. The van der Waals surface area contributed by atoms with Crippen molar-refractivity contribution < 1.29 is 23.0 Å². The van der Waals surface area contributed by atoms with Gasteiger partial charge in [0.15, 0.2) is 10.9 Å². The summed E-state index contributed by atoms with van der Waals surface area (Å²) in [5, 5.41) is 0.0815. The normalized spacial score (nSPS) is 11.8. The van der Waals surface area contributed by atoms with Crippen LogP contribution in [0, 0.1) is 5.82 Å². The summed E-state index contributed by atoms with van der Waals surface area (Å²) in [4.78, 5) is 12.4. The predicted molar refractivity (Wildman–Crippen MR) is 124 cm³/mol. The van der Waals surface area contributed by atoms with Crippen molar-refractivity contribution in [3.8, 4) is 11.4 Å². The molecule has 2 rings (SSSR count). The molecule has 0 aliphatic carbocycles. The Morgan fingerprint density at radius 1 is 1.00 bits per heavy atom. The summed E-state index contributed by atoms with van der Waals surface area (Å²) in [6.45, 7) is 9.90. The molecule has 9 heteroatoms. The van der Waals surface area contributed by atoms with Crippen molar-refractivity contribution >= 4 is 23.2 Å². The highest BCUT2D eigenvalue weighted by atomic mass is 35.5. The number of rotatable bonds is 13. The standard InChI is InChI=1S/C23H32Cl2FNO5/c1-5-6-7-8-9-29-10-11-30-12-13-31-19-15-18(17(26)14-16(19)24)27-21(25)20(23(2,3)4)32-22(27)28/h14-15H,5-13H2,1-4H3. The van der Waals surface area contributed by atoms with Crippen LogP contribution < -0.4 is 10.5 Å². The van der Waals surface area contributed by atoms with E-state index in [2.05, 4.69) is 6.92 Å². The first-order valence-corrected chi connectivity index (χ1v) is 11.6. The first-order chi connectivity index (χ1) is 15.2. The molecule has 1 aromatic heterocycles. The van der Waals surface area contributed by atoms with Gasteiger partial charge >= 0.3 is 5.76 Å². The molecular formula is C23H32Cl2FNO5. The minimum Gasteiger partial charge on any atom is -0.490 e. The third-order valence-corrected chi connectivity index (χ3v) is 5.31. The zero-order chi connectivity index (χ0) is 23.7. The van der Waals surface area contributed by atoms with Crippen LogP contribution in [0.2, 0.25) is 10.2 Å². The number of ether oxygens (including phenoxy) is 3. The number of halogens is 3. The number of hydrogen-bond donors (Lipinski definition) is 0. The van der Waals surface area contributed by atoms with Gasteiger partial charge in [-0.25, -0.2) is 13.8 Å². The molecule has 0 fully saturated rings. The van der Waals surface area contributed by atoms with Crippen LogP contribution in [0.3, 0.4) is 0 Å². The van der Waals surface area contributed by atoms with E-state index < -0.39 is 17.0 Å². The summed E-state index contributed by atoms with van der Waals surface area (Å²) in [7, 11) is 0. The van der Waals surface area contributed by atoms with E-state index >= 15 is 0 Å². The molecule has 0 bridgehead atoms. The number of nitrogens with zero attached hydrogens (tertiary/aromatic N) is 1. The fourth-order valence-corrected chi connectivity index (χ4v) is 3.67. The monoisotopic (exact) mass is 491 g/mol. The molecule has 0 aliphatic heterocycles. The molecule has 0 N–H and O–H groups in total. The van der Waals surface area contributed by atoms with Gasteiger partial charge in [0.25, 0.3) is 0 Å². The third-order valence-electron chi connectivity index (χ3n) is 4.68. The van der Waals surface area contributed by atoms with E-state index in [1.54, 1.807) is 0 Å². The van der Waals surface area contributed by atoms with Crippen molar-refractivity contribution in [1.29, 1.82) is 0 Å². The molecule has 0 amide bonds. The fraction of sp³-hybridized carbons (Fsp3) is 0.609. The highest BCUT2D eigenvalue weighted by Gasteiger charge is 2.28. The lowest BCUT2D eigenvalue weighted by atomic mass is 9.94. The van der Waals surface area contributed by atoms with E-state index in [9.17, 15) is 9.18 Å². The van der Waals surface area contributed by atoms with Crippen molar-refractivity contribution in [2.45, 2.75) is 58.8 Å². The molecular weight excluding hydrogens is 460 g/mol. The molecule has 180 valence electrons. The van der Waals surface area contributed by atoms with Crippen LogP contribution in [0.5, 0.6) is 5.75 Å². The molecule has 1 aromatic carbocycles. The van der Waals surface area contributed by atoms with Gasteiger partial charge in [-0.2, -0.15) is 0 Å². The Balaban J connectivity index is 1.92. The van der Waals surface area contributed by atoms with Crippen LogP contribution in [0.25, 0.3) is 5.69 Å². The number of aromatic nitrogens is 1. The van der Waals surface area contributed by atoms with Gasteiger partial charge in [0, 0.05) is 18.1 Å². The van der Waals surface area contributed by atoms with Gasteiger partial charge in [-0.05, 0) is 12.5 Å². The summed E-state index contributed by atoms with van der Waals surface area (Å²) in [5.74, 6) is -1.03. The highest BCUT2D eigenvalue weighted by molar-refractivity contribution is 6.32. The molecule has 0 saturated heterocycles. The molecule has 0 unspecified atom stereocenters. The second-order valence-corrected chi connectivity index (χ2v) is 9.21. The largest absolute Gasteiger partial charge is 0.490 e. The van der Waals surface area contributed by atoms with Crippen molar-refractivity contribution in [1.82, 2.24) is 4.57 Å². The molecule has 0 aliphatic rings. The second-order valence-electron chi connectivity index (χ2n) is 8.44. The molecule has 0 radical (unpaired) electrons. The third kappa shape index (κ3) is 7.51. The molecule has 32 heavy (non-hydrogen) atoms. The van der Waals surface area contributed by atoms with Crippen LogP contribution in [0.4, 0.5) is 4.39 Å². The Bertz CT molecular complexity index is 920. The molecule has 2 aromatic rings. The smallest absolute Gasteiger partial charge is 0.425 e. The maximum Gasteiger partial charge on any atom is 0.425 e. The summed E-state index contributed by atoms with van der Waals surface area (Å²) >= 11 is 12.4. The predicted octanol–water partition coefficient (Wildman–Crippen LogP) is 6.17. The Morgan fingerprint density at radius 3 is 2.28 bits per heavy atom. The molecule has 0 spiro atoms. The number of unbranched alkanes of at least 4 members (excludes halogenated alkanes) is 3. The Morgan fingerprint density at radius 2 is 1.66 bits per heavy atom. The number of benzene rings is 1. The van der Waals surface area contributed by atoms with E-state index in [1.165, 1.54) is 25.3 Å². The highest BCUT2D eigenvalue weighted by Crippen LogP contribution is 2.34. The molecule has 1 heterocycles. The van der Waals surface area contributed by atoms with Gasteiger partial charge in [-0.3, -0.25) is 0 Å². The zero-order valence-corrected chi connectivity index (χ0v) is 20.7. The van der Waals surface area contributed by atoms with Gasteiger partial charge in [0.2, 0.25) is 0 Å². The Hall–Kier alpha value is -1.54. The quantitative estimate of drug-likeness (QED) is 0.313. The maximum atomic E-state index is 14.6. The van der Waals surface area contributed by atoms with Crippen LogP contribution >= 0.6 is 23.2 Å². The molecule has 6 nitrogen and oxygen atoms in total. The van der Waals surface area contributed by atoms with E-state index in [4.69, 9.17) is 41.8 Å². The maximum absolute atomic E-state index is 14.6. The lowest BCUT2D eigenvalue weighted by molar-refractivity contribution is 0.0352. The first kappa shape index (κ1) is 26.7. The minimum atomic E-state index is -0.787. The number of hydrogen-bond acceptors (Lipinski definition) is 5. The van der Waals surface area contributed by atoms with Crippen LogP contribution in [0.15, 0.2) is 21.3 Å². The Labute approximate surface area is 198 Å². The van der Waals surface area contributed by atoms with Crippen molar-refractivity contribution in [3.63, 3.8) is 0 Å². The van der Waals surface area contributed by atoms with E-state index in [1.807, 2.05) is 20.8 Å². The summed E-state index contributed by atoms with van der Waals surface area (Å²) in [6, 6.07) is 2.40. The Kier molecular flexibility index (Phi) is 10.5. The van der Waals surface area contributed by atoms with E-state index in [0.717, 1.165) is 23.7 Å². The van der Waals surface area contributed by atoms with Crippen molar-refractivity contribution in [2.75, 3.05) is 33.0 Å². The molecule has 0 atom stereocenters. The van der Waals surface area contributed by atoms with E-state index in [-0.39, 0.29) is 34.0 Å². The summed E-state index contributed by atoms with van der Waals surface area (Å²) < 4.78 is 37.5. The summed E-state index contributed by atoms with van der Waals surface area (Å²) in [6.07, 6.45) is 4.67. The average Bonchev–Trinajstić information content (AvgIpc) is 3.02. The summed E-state index contributed by atoms with van der Waals surface area (Å²) in [5.41, 5.74) is -0.628. The van der Waals surface area contributed by atoms with Gasteiger partial charge in [-0.1, -0.05) is 70.2 Å². The van der Waals surface area contributed by atoms with Crippen LogP contribution in [-0.4, -0.2) is 37.6 Å². The topological polar surface area (TPSA) is 62.8 Å². The zero-order valence-electron chi connectivity index (χ0n) is 19.1. The van der Waals surface area contributed by atoms with E-state index in [0.29, 0.717) is 19.8 Å². The van der Waals surface area contributed by atoms with Crippen molar-refractivity contribution in [3.05, 3.63) is 44.4 Å². The second kappa shape index (κ2) is 12.6. The SMILES string of the molecule is CCCCCCOCCOCCOc1cc(-n2c(Cl)c(C(C)(C)C)oc2=O)c(F)cc1Cl. The lowest BCUT2D eigenvalue weighted by Gasteiger charge is -2.15. The van der Waals surface area contributed by atoms with Crippen LogP contribution in [-0.2, 0) is 14.9 Å². The number of oxazole rings is 1. The van der Waals surface area contributed by atoms with Gasteiger partial charge in [0.05, 0.1) is 30.5 Å².